The molecule has 19 heavy (non-hydrogen) atoms. The minimum Gasteiger partial charge on any atom is -0.481 e. The molecular weight excluding hydrogens is 244 g/mol. The van der Waals surface area contributed by atoms with Crippen molar-refractivity contribution in [3.05, 3.63) is 6.07 Å². The average molecular weight is 266 g/mol. The molecule has 0 atom stereocenters. The summed E-state index contributed by atoms with van der Waals surface area (Å²) in [5, 5.41) is 3.28. The van der Waals surface area contributed by atoms with E-state index in [1.165, 1.54) is 12.8 Å². The van der Waals surface area contributed by atoms with Crippen LogP contribution in [0.3, 0.4) is 0 Å². The molecule has 6 nitrogen and oxygen atoms in total. The Morgan fingerprint density at radius 2 is 1.79 bits per heavy atom. The van der Waals surface area contributed by atoms with E-state index in [9.17, 15) is 0 Å². The molecule has 1 aliphatic heterocycles. The van der Waals surface area contributed by atoms with Gasteiger partial charge in [0.05, 0.1) is 20.3 Å². The number of piperidine rings is 1. The molecule has 1 aliphatic rings. The summed E-state index contributed by atoms with van der Waals surface area (Å²) in [6.45, 7) is 3.22. The van der Waals surface area contributed by atoms with Crippen LogP contribution in [0.25, 0.3) is 0 Å². The predicted octanol–water partition coefficient (Wildman–Crippen LogP) is 1.25. The molecule has 0 radical (unpaired) electrons. The molecule has 0 aromatic carbocycles. The summed E-state index contributed by atoms with van der Waals surface area (Å²) in [7, 11) is 5.34. The highest BCUT2D eigenvalue weighted by Crippen LogP contribution is 2.19. The van der Waals surface area contributed by atoms with Gasteiger partial charge in [0, 0.05) is 6.54 Å². The first-order valence-corrected chi connectivity index (χ1v) is 6.60. The van der Waals surface area contributed by atoms with Gasteiger partial charge in [-0.3, -0.25) is 0 Å². The third kappa shape index (κ3) is 3.96. The number of aromatic nitrogens is 2. The van der Waals surface area contributed by atoms with Crippen molar-refractivity contribution in [2.24, 2.45) is 5.92 Å². The molecule has 0 bridgehead atoms. The summed E-state index contributed by atoms with van der Waals surface area (Å²) in [6, 6.07) is 1.67. The molecule has 106 valence electrons. The molecule has 0 amide bonds. The van der Waals surface area contributed by atoms with Crippen molar-refractivity contribution in [1.82, 2.24) is 14.9 Å². The monoisotopic (exact) mass is 266 g/mol. The van der Waals surface area contributed by atoms with Crippen LogP contribution in [0.15, 0.2) is 6.07 Å². The van der Waals surface area contributed by atoms with Crippen molar-refractivity contribution in [2.75, 3.05) is 46.2 Å². The van der Waals surface area contributed by atoms with Gasteiger partial charge in [-0.2, -0.15) is 9.97 Å². The van der Waals surface area contributed by atoms with Gasteiger partial charge in [0.1, 0.15) is 0 Å². The van der Waals surface area contributed by atoms with E-state index < -0.39 is 0 Å². The Balaban J connectivity index is 1.91. The number of hydrogen-bond donors (Lipinski definition) is 1. The van der Waals surface area contributed by atoms with Gasteiger partial charge in [0.25, 0.3) is 0 Å². The second-order valence-corrected chi connectivity index (χ2v) is 4.90. The van der Waals surface area contributed by atoms with Gasteiger partial charge in [-0.25, -0.2) is 0 Å². The number of nitrogens with zero attached hydrogens (tertiary/aromatic N) is 3. The molecule has 1 fully saturated rings. The van der Waals surface area contributed by atoms with Crippen LogP contribution in [0.1, 0.15) is 12.8 Å². The number of methoxy groups -OCH3 is 2. The number of nitrogens with one attached hydrogen (secondary N) is 1. The molecule has 1 aromatic rings. The summed E-state index contributed by atoms with van der Waals surface area (Å²) in [6.07, 6.45) is 2.43. The van der Waals surface area contributed by atoms with E-state index in [-0.39, 0.29) is 0 Å². The Kier molecular flexibility index (Phi) is 4.79. The van der Waals surface area contributed by atoms with E-state index in [0.717, 1.165) is 19.6 Å². The van der Waals surface area contributed by atoms with Crippen LogP contribution < -0.4 is 14.8 Å². The van der Waals surface area contributed by atoms with Crippen molar-refractivity contribution in [1.29, 1.82) is 0 Å². The molecule has 1 aromatic heterocycles. The van der Waals surface area contributed by atoms with Crippen molar-refractivity contribution in [3.63, 3.8) is 0 Å². The largest absolute Gasteiger partial charge is 0.481 e. The van der Waals surface area contributed by atoms with E-state index in [4.69, 9.17) is 9.47 Å². The Labute approximate surface area is 114 Å². The third-order valence-corrected chi connectivity index (χ3v) is 3.48. The summed E-state index contributed by atoms with van der Waals surface area (Å²) in [4.78, 5) is 10.9. The highest BCUT2D eigenvalue weighted by atomic mass is 16.5. The normalized spacial score (nSPS) is 17.2. The summed E-state index contributed by atoms with van der Waals surface area (Å²) < 4.78 is 10.3. The fourth-order valence-electron chi connectivity index (χ4n) is 2.19. The second-order valence-electron chi connectivity index (χ2n) is 4.90. The van der Waals surface area contributed by atoms with Crippen LogP contribution in [-0.4, -0.2) is 55.8 Å². The number of anilines is 1. The first-order chi connectivity index (χ1) is 9.21. The second kappa shape index (κ2) is 6.56. The average Bonchev–Trinajstić information content (AvgIpc) is 2.46. The molecule has 2 heterocycles. The quantitative estimate of drug-likeness (QED) is 0.865. The molecule has 0 saturated carbocycles. The number of ether oxygens (including phenoxy) is 2. The highest BCUT2D eigenvalue weighted by molar-refractivity contribution is 5.33. The van der Waals surface area contributed by atoms with Gasteiger partial charge in [-0.15, -0.1) is 0 Å². The Bertz CT molecular complexity index is 383. The molecular formula is C13H22N4O2. The van der Waals surface area contributed by atoms with Gasteiger partial charge >= 0.3 is 0 Å². The Morgan fingerprint density at radius 1 is 1.21 bits per heavy atom. The SMILES string of the molecule is COc1cc(OC)nc(NCC2CCN(C)CC2)n1. The van der Waals surface area contributed by atoms with Gasteiger partial charge in [0.2, 0.25) is 17.7 Å². The summed E-state index contributed by atoms with van der Waals surface area (Å²) >= 11 is 0. The van der Waals surface area contributed by atoms with Crippen molar-refractivity contribution >= 4 is 5.95 Å². The third-order valence-electron chi connectivity index (χ3n) is 3.48. The lowest BCUT2D eigenvalue weighted by Gasteiger charge is -2.28. The zero-order valence-electron chi connectivity index (χ0n) is 11.8. The molecule has 0 aliphatic carbocycles. The van der Waals surface area contributed by atoms with Crippen molar-refractivity contribution in [2.45, 2.75) is 12.8 Å². The summed E-state index contributed by atoms with van der Waals surface area (Å²) in [5.41, 5.74) is 0. The van der Waals surface area contributed by atoms with Crippen LogP contribution in [0.5, 0.6) is 11.8 Å². The molecule has 1 N–H and O–H groups in total. The maximum Gasteiger partial charge on any atom is 0.229 e. The van der Waals surface area contributed by atoms with Crippen LogP contribution in [0, 0.1) is 5.92 Å². The molecule has 0 spiro atoms. The van der Waals surface area contributed by atoms with Crippen LogP contribution in [0.2, 0.25) is 0 Å². The van der Waals surface area contributed by atoms with E-state index in [1.807, 2.05) is 0 Å². The van der Waals surface area contributed by atoms with Gasteiger partial charge in [-0.1, -0.05) is 0 Å². The van der Waals surface area contributed by atoms with Crippen molar-refractivity contribution < 1.29 is 9.47 Å². The maximum atomic E-state index is 5.13. The van der Waals surface area contributed by atoms with Crippen LogP contribution in [0.4, 0.5) is 5.95 Å². The number of likely N-dealkylation sites (tertiary alicyclic amines) is 1. The minimum absolute atomic E-state index is 0.512. The lowest BCUT2D eigenvalue weighted by atomic mass is 9.97. The van der Waals surface area contributed by atoms with Crippen molar-refractivity contribution in [3.8, 4) is 11.8 Å². The molecule has 6 heteroatoms. The standard InChI is InChI=1S/C13H22N4O2/c1-17-6-4-10(5-7-17)9-14-13-15-11(18-2)8-12(16-13)19-3/h8,10H,4-7,9H2,1-3H3,(H,14,15,16). The predicted molar refractivity (Wildman–Crippen MR) is 73.8 cm³/mol. The lowest BCUT2D eigenvalue weighted by molar-refractivity contribution is 0.226. The zero-order chi connectivity index (χ0) is 13.7. The van der Waals surface area contributed by atoms with E-state index in [1.54, 1.807) is 20.3 Å². The van der Waals surface area contributed by atoms with Gasteiger partial charge in [0.15, 0.2) is 0 Å². The fourth-order valence-corrected chi connectivity index (χ4v) is 2.19. The Morgan fingerprint density at radius 3 is 2.32 bits per heavy atom. The van der Waals surface area contributed by atoms with E-state index in [2.05, 4.69) is 27.2 Å². The van der Waals surface area contributed by atoms with E-state index >= 15 is 0 Å². The number of hydrogen-bond acceptors (Lipinski definition) is 6. The minimum atomic E-state index is 0.512. The number of rotatable bonds is 5. The topological polar surface area (TPSA) is 59.5 Å². The van der Waals surface area contributed by atoms with Gasteiger partial charge < -0.3 is 19.7 Å². The van der Waals surface area contributed by atoms with Crippen LogP contribution in [-0.2, 0) is 0 Å². The fraction of sp³-hybridized carbons (Fsp3) is 0.692. The first kappa shape index (κ1) is 13.9. The molecule has 0 unspecified atom stereocenters. The molecule has 1 saturated heterocycles. The smallest absolute Gasteiger partial charge is 0.229 e. The van der Waals surface area contributed by atoms with Gasteiger partial charge in [-0.05, 0) is 38.9 Å². The van der Waals surface area contributed by atoms with Crippen LogP contribution >= 0.6 is 0 Å². The van der Waals surface area contributed by atoms with E-state index in [0.29, 0.717) is 23.6 Å². The maximum absolute atomic E-state index is 5.13. The first-order valence-electron chi connectivity index (χ1n) is 6.60. The highest BCUT2D eigenvalue weighted by Gasteiger charge is 2.16. The Hall–Kier alpha value is -1.56. The summed E-state index contributed by atoms with van der Waals surface area (Å²) in [5.74, 6) is 2.27. The molecule has 2 rings (SSSR count). The lowest BCUT2D eigenvalue weighted by Crippen LogP contribution is -2.33. The zero-order valence-corrected chi connectivity index (χ0v) is 11.8.